The summed E-state index contributed by atoms with van der Waals surface area (Å²) in [6.45, 7) is 4.35. The van der Waals surface area contributed by atoms with Crippen LogP contribution in [-0.4, -0.2) is 10.8 Å². The van der Waals surface area contributed by atoms with Crippen LogP contribution in [0.5, 0.6) is 0 Å². The number of hydrogen-bond acceptors (Lipinski definition) is 3. The first kappa shape index (κ1) is 10.4. The number of thiazole rings is 1. The Kier molecular flexibility index (Phi) is 4.09. The van der Waals surface area contributed by atoms with Gasteiger partial charge in [0, 0.05) is 11.8 Å². The summed E-state index contributed by atoms with van der Waals surface area (Å²) in [5.74, 6) is 0.866. The molecule has 0 bridgehead atoms. The van der Waals surface area contributed by atoms with Gasteiger partial charge in [-0.25, -0.2) is 4.98 Å². The number of carbonyl (C=O) groups excluding carboxylic acids is 1. The Bertz CT molecular complexity index is 254. The molecular formula is C10H15NOS. The van der Waals surface area contributed by atoms with E-state index in [2.05, 4.69) is 18.8 Å². The summed E-state index contributed by atoms with van der Waals surface area (Å²) >= 11 is 1.48. The second-order valence-electron chi connectivity index (χ2n) is 3.58. The minimum atomic E-state index is 0.182. The van der Waals surface area contributed by atoms with Crippen molar-refractivity contribution in [3.8, 4) is 0 Å². The van der Waals surface area contributed by atoms with Crippen LogP contribution < -0.4 is 0 Å². The highest BCUT2D eigenvalue weighted by atomic mass is 32.1. The quantitative estimate of drug-likeness (QED) is 0.679. The van der Waals surface area contributed by atoms with Crippen LogP contribution in [0.3, 0.4) is 0 Å². The Labute approximate surface area is 83.0 Å². The lowest BCUT2D eigenvalue weighted by atomic mass is 10.0. The van der Waals surface area contributed by atoms with E-state index >= 15 is 0 Å². The minimum absolute atomic E-state index is 0.182. The van der Waals surface area contributed by atoms with E-state index in [4.69, 9.17) is 0 Å². The highest BCUT2D eigenvalue weighted by Crippen LogP contribution is 2.10. The van der Waals surface area contributed by atoms with Gasteiger partial charge in [-0.1, -0.05) is 20.3 Å². The van der Waals surface area contributed by atoms with Gasteiger partial charge in [-0.15, -0.1) is 11.3 Å². The van der Waals surface area contributed by atoms with Crippen molar-refractivity contribution in [2.24, 2.45) is 5.92 Å². The highest BCUT2D eigenvalue weighted by Gasteiger charge is 2.07. The molecule has 0 aromatic carbocycles. The molecule has 0 fully saturated rings. The van der Waals surface area contributed by atoms with Crippen LogP contribution in [0.4, 0.5) is 0 Å². The van der Waals surface area contributed by atoms with E-state index < -0.39 is 0 Å². The molecule has 1 aromatic rings. The number of carbonyl (C=O) groups is 1. The second kappa shape index (κ2) is 5.12. The summed E-state index contributed by atoms with van der Waals surface area (Å²) < 4.78 is 0. The molecule has 0 aliphatic heterocycles. The van der Waals surface area contributed by atoms with Crippen LogP contribution in [0, 0.1) is 5.92 Å². The molecular weight excluding hydrogens is 182 g/mol. The molecule has 1 heterocycles. The fraction of sp³-hybridized carbons (Fsp3) is 0.600. The Balaban J connectivity index is 2.27. The van der Waals surface area contributed by atoms with Gasteiger partial charge in [0.25, 0.3) is 0 Å². The maximum Gasteiger partial charge on any atom is 0.182 e. The van der Waals surface area contributed by atoms with E-state index in [9.17, 15) is 4.79 Å². The Morgan fingerprint density at radius 1 is 1.62 bits per heavy atom. The average molecular weight is 197 g/mol. The van der Waals surface area contributed by atoms with E-state index in [0.717, 1.165) is 12.8 Å². The Morgan fingerprint density at radius 3 is 2.92 bits per heavy atom. The van der Waals surface area contributed by atoms with E-state index in [1.54, 1.807) is 5.51 Å². The zero-order chi connectivity index (χ0) is 9.68. The third kappa shape index (κ3) is 3.68. The third-order valence-corrected chi connectivity index (χ3v) is 2.49. The molecule has 0 aliphatic rings. The van der Waals surface area contributed by atoms with Gasteiger partial charge in [-0.2, -0.15) is 0 Å². The largest absolute Gasteiger partial charge is 0.292 e. The van der Waals surface area contributed by atoms with Gasteiger partial charge in [0.15, 0.2) is 5.78 Å². The topological polar surface area (TPSA) is 30.0 Å². The molecule has 0 spiro atoms. The first-order valence-corrected chi connectivity index (χ1v) is 5.56. The highest BCUT2D eigenvalue weighted by molar-refractivity contribution is 7.07. The molecule has 0 amide bonds. The van der Waals surface area contributed by atoms with Gasteiger partial charge < -0.3 is 0 Å². The van der Waals surface area contributed by atoms with Crippen molar-refractivity contribution in [1.82, 2.24) is 4.98 Å². The minimum Gasteiger partial charge on any atom is -0.292 e. The standard InChI is InChI=1S/C10H15NOS/c1-8(2)4-3-5-10(12)9-6-13-7-11-9/h6-8H,3-5H2,1-2H3. The number of ketones is 1. The zero-order valence-corrected chi connectivity index (χ0v) is 8.93. The molecule has 0 N–H and O–H groups in total. The molecule has 72 valence electrons. The smallest absolute Gasteiger partial charge is 0.182 e. The fourth-order valence-corrected chi connectivity index (χ4v) is 1.71. The monoisotopic (exact) mass is 197 g/mol. The predicted molar refractivity (Wildman–Crippen MR) is 55.1 cm³/mol. The Morgan fingerprint density at radius 2 is 2.38 bits per heavy atom. The maximum absolute atomic E-state index is 11.4. The maximum atomic E-state index is 11.4. The van der Waals surface area contributed by atoms with Crippen molar-refractivity contribution in [3.63, 3.8) is 0 Å². The first-order valence-electron chi connectivity index (χ1n) is 4.61. The summed E-state index contributed by atoms with van der Waals surface area (Å²) in [6, 6.07) is 0. The second-order valence-corrected chi connectivity index (χ2v) is 4.30. The first-order chi connectivity index (χ1) is 6.20. The van der Waals surface area contributed by atoms with Gasteiger partial charge in [0.05, 0.1) is 5.51 Å². The van der Waals surface area contributed by atoms with E-state index in [1.807, 2.05) is 5.38 Å². The van der Waals surface area contributed by atoms with E-state index in [1.165, 1.54) is 11.3 Å². The number of Topliss-reactive ketones (excluding diaryl/α,β-unsaturated/α-hetero) is 1. The van der Waals surface area contributed by atoms with E-state index in [-0.39, 0.29) is 5.78 Å². The normalized spacial score (nSPS) is 10.7. The summed E-state index contributed by atoms with van der Waals surface area (Å²) in [5, 5.41) is 1.82. The number of aromatic nitrogens is 1. The van der Waals surface area contributed by atoms with Crippen molar-refractivity contribution >= 4 is 17.1 Å². The SMILES string of the molecule is CC(C)CCCC(=O)c1cscn1. The van der Waals surface area contributed by atoms with E-state index in [0.29, 0.717) is 18.0 Å². The van der Waals surface area contributed by atoms with Crippen molar-refractivity contribution in [2.45, 2.75) is 33.1 Å². The van der Waals surface area contributed by atoms with Crippen LogP contribution in [0.25, 0.3) is 0 Å². The average Bonchev–Trinajstić information content (AvgIpc) is 2.55. The molecule has 1 rings (SSSR count). The lowest BCUT2D eigenvalue weighted by molar-refractivity contribution is 0.0974. The van der Waals surface area contributed by atoms with Gasteiger partial charge in [-0.05, 0) is 12.3 Å². The molecule has 0 aliphatic carbocycles. The zero-order valence-electron chi connectivity index (χ0n) is 8.12. The molecule has 0 radical (unpaired) electrons. The van der Waals surface area contributed by atoms with Crippen LogP contribution >= 0.6 is 11.3 Å². The van der Waals surface area contributed by atoms with Crippen molar-refractivity contribution < 1.29 is 4.79 Å². The molecule has 0 atom stereocenters. The van der Waals surface area contributed by atoms with Crippen LogP contribution in [0.15, 0.2) is 10.9 Å². The molecule has 1 aromatic heterocycles. The third-order valence-electron chi connectivity index (χ3n) is 1.90. The number of nitrogens with zero attached hydrogens (tertiary/aromatic N) is 1. The molecule has 0 saturated carbocycles. The van der Waals surface area contributed by atoms with Crippen LogP contribution in [0.1, 0.15) is 43.6 Å². The predicted octanol–water partition coefficient (Wildman–Crippen LogP) is 3.15. The van der Waals surface area contributed by atoms with Crippen molar-refractivity contribution in [2.75, 3.05) is 0 Å². The van der Waals surface area contributed by atoms with Crippen molar-refractivity contribution in [3.05, 3.63) is 16.6 Å². The molecule has 3 heteroatoms. The molecule has 2 nitrogen and oxygen atoms in total. The lowest BCUT2D eigenvalue weighted by Crippen LogP contribution is -2.00. The van der Waals surface area contributed by atoms with Gasteiger partial charge in [0.2, 0.25) is 0 Å². The molecule has 0 saturated heterocycles. The number of hydrogen-bond donors (Lipinski definition) is 0. The fourth-order valence-electron chi connectivity index (χ4n) is 1.15. The van der Waals surface area contributed by atoms with Gasteiger partial charge in [0.1, 0.15) is 5.69 Å². The van der Waals surface area contributed by atoms with Gasteiger partial charge >= 0.3 is 0 Å². The number of rotatable bonds is 5. The van der Waals surface area contributed by atoms with Crippen LogP contribution in [-0.2, 0) is 0 Å². The molecule has 0 unspecified atom stereocenters. The summed E-state index contributed by atoms with van der Waals surface area (Å²) in [6.07, 6.45) is 2.74. The van der Waals surface area contributed by atoms with Gasteiger partial charge in [-0.3, -0.25) is 4.79 Å². The summed E-state index contributed by atoms with van der Waals surface area (Å²) in [4.78, 5) is 15.4. The summed E-state index contributed by atoms with van der Waals surface area (Å²) in [7, 11) is 0. The Hall–Kier alpha value is -0.700. The van der Waals surface area contributed by atoms with Crippen molar-refractivity contribution in [1.29, 1.82) is 0 Å². The van der Waals surface area contributed by atoms with Crippen LogP contribution in [0.2, 0.25) is 0 Å². The lowest BCUT2D eigenvalue weighted by Gasteiger charge is -2.01. The summed E-state index contributed by atoms with van der Waals surface area (Å²) in [5.41, 5.74) is 2.34. The molecule has 13 heavy (non-hydrogen) atoms.